The third kappa shape index (κ3) is 52.6. The summed E-state index contributed by atoms with van der Waals surface area (Å²) in [6, 6.07) is 0. The van der Waals surface area contributed by atoms with Gasteiger partial charge in [-0.2, -0.15) is 0 Å². The lowest BCUT2D eigenvalue weighted by molar-refractivity contribution is -0.870. The summed E-state index contributed by atoms with van der Waals surface area (Å²) in [7, 11) is 5.94. The van der Waals surface area contributed by atoms with Gasteiger partial charge in [-0.3, -0.25) is 9.59 Å². The van der Waals surface area contributed by atoms with Crippen molar-refractivity contribution in [1.29, 1.82) is 0 Å². The second kappa shape index (κ2) is 51.3. The predicted molar refractivity (Wildman–Crippen MR) is 290 cm³/mol. The molecule has 0 spiro atoms. The van der Waals surface area contributed by atoms with Gasteiger partial charge in [-0.15, -0.1) is 0 Å². The molecule has 0 saturated carbocycles. The van der Waals surface area contributed by atoms with E-state index in [-0.39, 0.29) is 38.6 Å². The van der Waals surface area contributed by atoms with Crippen molar-refractivity contribution in [3.05, 3.63) is 60.8 Å². The van der Waals surface area contributed by atoms with Crippen molar-refractivity contribution in [2.24, 2.45) is 0 Å². The Morgan fingerprint density at radius 2 is 0.812 bits per heavy atom. The standard InChI is InChI=1S/C60H107NO8/c1-6-8-10-12-14-16-18-20-22-23-24-25-26-27-28-29-30-31-32-33-34-35-37-38-40-42-44-46-48-50-57(62)67-54-56(55-68-60(59(64)65)66-53-52-61(3,4)5)69-58(63)51-49-47-45-43-41-39-36-21-19-17-15-13-11-9-7-2/h9,11,15,17,21,36,41,43,47,49,56,60H,6-8,10,12-14,16,18-20,22-35,37-40,42,44-46,48,50-55H2,1-5H3/p+1/b11-9-,17-15-,36-21-,43-41-,49-47-. The molecule has 0 aliphatic rings. The average Bonchev–Trinajstić information content (AvgIpc) is 3.31. The van der Waals surface area contributed by atoms with Crippen LogP contribution in [0.1, 0.15) is 245 Å². The number of hydrogen-bond donors (Lipinski definition) is 1. The van der Waals surface area contributed by atoms with Crippen LogP contribution in [0, 0.1) is 0 Å². The van der Waals surface area contributed by atoms with Crippen molar-refractivity contribution in [3.63, 3.8) is 0 Å². The number of aliphatic carboxylic acids is 1. The number of ether oxygens (including phenoxy) is 4. The number of unbranched alkanes of at least 4 members (excludes halogenated alkanes) is 28. The van der Waals surface area contributed by atoms with Crippen LogP contribution in [0.3, 0.4) is 0 Å². The number of likely N-dealkylation sites (N-methyl/N-ethyl adjacent to an activating group) is 1. The maximum absolute atomic E-state index is 12.7. The van der Waals surface area contributed by atoms with Crippen LogP contribution in [0.2, 0.25) is 0 Å². The molecule has 0 bridgehead atoms. The van der Waals surface area contributed by atoms with Crippen molar-refractivity contribution < 1.29 is 42.9 Å². The highest BCUT2D eigenvalue weighted by Crippen LogP contribution is 2.17. The minimum absolute atomic E-state index is 0.0278. The van der Waals surface area contributed by atoms with Gasteiger partial charge in [0.05, 0.1) is 40.8 Å². The SMILES string of the molecule is CC/C=C\C/C=C\C/C=C\C/C=C\C/C=C\CC(=O)OC(COC(=O)CCCCCCCCCCCCCCCCCCCCCCCCCCCCCCC)COC(OCC[N+](C)(C)C)C(=O)O. The van der Waals surface area contributed by atoms with Crippen molar-refractivity contribution >= 4 is 17.9 Å². The number of allylic oxidation sites excluding steroid dienone is 9. The topological polar surface area (TPSA) is 108 Å². The van der Waals surface area contributed by atoms with Crippen LogP contribution in [-0.2, 0) is 33.3 Å². The molecule has 0 aromatic carbocycles. The highest BCUT2D eigenvalue weighted by molar-refractivity contribution is 5.72. The maximum atomic E-state index is 12.7. The Labute approximate surface area is 425 Å². The molecule has 0 amide bonds. The minimum atomic E-state index is -1.53. The molecule has 0 radical (unpaired) electrons. The summed E-state index contributed by atoms with van der Waals surface area (Å²) in [4.78, 5) is 37.2. The van der Waals surface area contributed by atoms with E-state index >= 15 is 0 Å². The Balaban J connectivity index is 4.18. The minimum Gasteiger partial charge on any atom is -0.477 e. The first-order chi connectivity index (χ1) is 33.6. The molecule has 0 aromatic rings. The van der Waals surface area contributed by atoms with Gasteiger partial charge in [0.25, 0.3) is 6.29 Å². The van der Waals surface area contributed by atoms with Crippen LogP contribution in [0.15, 0.2) is 60.8 Å². The molecule has 69 heavy (non-hydrogen) atoms. The highest BCUT2D eigenvalue weighted by atomic mass is 16.7. The lowest BCUT2D eigenvalue weighted by Gasteiger charge is -2.25. The molecule has 0 aliphatic carbocycles. The number of carbonyl (C=O) groups excluding carboxylic acids is 2. The number of carboxylic acids is 1. The lowest BCUT2D eigenvalue weighted by Crippen LogP contribution is -2.40. The second-order valence-corrected chi connectivity index (χ2v) is 20.2. The van der Waals surface area contributed by atoms with Gasteiger partial charge in [0.1, 0.15) is 13.2 Å². The van der Waals surface area contributed by atoms with E-state index in [0.29, 0.717) is 17.4 Å². The summed E-state index contributed by atoms with van der Waals surface area (Å²) in [6.45, 7) is 4.67. The van der Waals surface area contributed by atoms with Gasteiger partial charge in [0.2, 0.25) is 0 Å². The molecule has 1 N–H and O–H groups in total. The van der Waals surface area contributed by atoms with Gasteiger partial charge in [-0.05, 0) is 38.5 Å². The zero-order valence-corrected chi connectivity index (χ0v) is 45.5. The van der Waals surface area contributed by atoms with Crippen molar-refractivity contribution in [3.8, 4) is 0 Å². The van der Waals surface area contributed by atoms with Crippen molar-refractivity contribution in [2.75, 3.05) is 47.5 Å². The van der Waals surface area contributed by atoms with Gasteiger partial charge in [0.15, 0.2) is 6.10 Å². The predicted octanol–water partition coefficient (Wildman–Crippen LogP) is 16.5. The molecule has 0 aliphatic heterocycles. The van der Waals surface area contributed by atoms with Crippen LogP contribution in [0.4, 0.5) is 0 Å². The zero-order chi connectivity index (χ0) is 50.6. The Hall–Kier alpha value is -3.01. The molecule has 0 fully saturated rings. The number of hydrogen-bond acceptors (Lipinski definition) is 7. The first-order valence-electron chi connectivity index (χ1n) is 28.5. The van der Waals surface area contributed by atoms with Crippen LogP contribution in [0.25, 0.3) is 0 Å². The second-order valence-electron chi connectivity index (χ2n) is 20.2. The van der Waals surface area contributed by atoms with Crippen molar-refractivity contribution in [1.82, 2.24) is 0 Å². The van der Waals surface area contributed by atoms with E-state index in [1.165, 1.54) is 167 Å². The number of nitrogens with zero attached hydrogens (tertiary/aromatic N) is 1. The Morgan fingerprint density at radius 3 is 1.17 bits per heavy atom. The molecule has 0 saturated heterocycles. The quantitative estimate of drug-likeness (QED) is 0.0211. The lowest BCUT2D eigenvalue weighted by atomic mass is 10.0. The van der Waals surface area contributed by atoms with E-state index in [9.17, 15) is 19.5 Å². The summed E-state index contributed by atoms with van der Waals surface area (Å²) >= 11 is 0. The van der Waals surface area contributed by atoms with E-state index in [1.54, 1.807) is 6.08 Å². The molecule has 2 atom stereocenters. The van der Waals surface area contributed by atoms with E-state index in [0.717, 1.165) is 44.9 Å². The third-order valence-electron chi connectivity index (χ3n) is 12.3. The van der Waals surface area contributed by atoms with E-state index in [2.05, 4.69) is 56.4 Å². The monoisotopic (exact) mass is 971 g/mol. The van der Waals surface area contributed by atoms with Crippen LogP contribution < -0.4 is 0 Å². The molecular weight excluding hydrogens is 863 g/mol. The van der Waals surface area contributed by atoms with Crippen LogP contribution >= 0.6 is 0 Å². The molecule has 0 aromatic heterocycles. The van der Waals surface area contributed by atoms with Crippen LogP contribution in [0.5, 0.6) is 0 Å². The van der Waals surface area contributed by atoms with Gasteiger partial charge in [0, 0.05) is 6.42 Å². The fourth-order valence-electron chi connectivity index (χ4n) is 7.97. The number of rotatable bonds is 52. The van der Waals surface area contributed by atoms with Gasteiger partial charge < -0.3 is 28.5 Å². The molecule has 0 heterocycles. The molecular formula is C60H108NO8+. The summed E-state index contributed by atoms with van der Waals surface area (Å²) in [5.74, 6) is -2.17. The van der Waals surface area contributed by atoms with Gasteiger partial charge in [-0.1, -0.05) is 254 Å². The third-order valence-corrected chi connectivity index (χ3v) is 12.3. The fraction of sp³-hybridized carbons (Fsp3) is 0.783. The number of quaternary nitrogens is 1. The zero-order valence-electron chi connectivity index (χ0n) is 45.5. The van der Waals surface area contributed by atoms with Gasteiger partial charge in [-0.25, -0.2) is 4.79 Å². The first-order valence-corrected chi connectivity index (χ1v) is 28.5. The Morgan fingerprint density at radius 1 is 0.449 bits per heavy atom. The van der Waals surface area contributed by atoms with Crippen molar-refractivity contribution in [2.45, 2.75) is 257 Å². The number of esters is 2. The first kappa shape index (κ1) is 66.0. The normalized spacial score (nSPS) is 13.2. The summed E-state index contributed by atoms with van der Waals surface area (Å²) in [6.07, 6.45) is 62.1. The van der Waals surface area contributed by atoms with E-state index < -0.39 is 24.3 Å². The largest absolute Gasteiger partial charge is 0.477 e. The van der Waals surface area contributed by atoms with E-state index in [4.69, 9.17) is 18.9 Å². The highest BCUT2D eigenvalue weighted by Gasteiger charge is 2.25. The number of carbonyl (C=O) groups is 3. The molecule has 9 nitrogen and oxygen atoms in total. The molecule has 9 heteroatoms. The fourth-order valence-corrected chi connectivity index (χ4v) is 7.97. The molecule has 400 valence electrons. The molecule has 0 rings (SSSR count). The summed E-state index contributed by atoms with van der Waals surface area (Å²) in [5, 5.41) is 9.67. The summed E-state index contributed by atoms with van der Waals surface area (Å²) in [5.41, 5.74) is 0. The average molecular weight is 972 g/mol. The van der Waals surface area contributed by atoms with E-state index in [1.807, 2.05) is 33.3 Å². The van der Waals surface area contributed by atoms with Gasteiger partial charge >= 0.3 is 17.9 Å². The smallest absolute Gasteiger partial charge is 0.361 e. The Bertz CT molecular complexity index is 1310. The summed E-state index contributed by atoms with van der Waals surface area (Å²) < 4.78 is 22.7. The Kier molecular flexibility index (Phi) is 49.1. The maximum Gasteiger partial charge on any atom is 0.361 e. The number of carboxylic acid groups (broad SMARTS) is 1. The molecule has 2 unspecified atom stereocenters. The van der Waals surface area contributed by atoms with Crippen LogP contribution in [-0.4, -0.2) is 87.4 Å².